The third kappa shape index (κ3) is 5.02. The average molecular weight is 485 g/mol. The molecule has 1 unspecified atom stereocenters. The molecule has 1 aliphatic rings. The zero-order valence-corrected chi connectivity index (χ0v) is 19.8. The van der Waals surface area contributed by atoms with E-state index in [0.29, 0.717) is 46.9 Å². The summed E-state index contributed by atoms with van der Waals surface area (Å²) in [6.07, 6.45) is 5.26. The van der Waals surface area contributed by atoms with E-state index >= 15 is 0 Å². The Hall–Kier alpha value is -4.73. The van der Waals surface area contributed by atoms with Crippen molar-refractivity contribution in [1.82, 2.24) is 19.5 Å². The van der Waals surface area contributed by atoms with Crippen LogP contribution in [0.2, 0.25) is 0 Å². The zero-order valence-electron chi connectivity index (χ0n) is 19.8. The summed E-state index contributed by atoms with van der Waals surface area (Å²) < 4.78 is 12.9. The Morgan fingerprint density at radius 1 is 1.08 bits per heavy atom. The Labute approximate surface area is 207 Å². The van der Waals surface area contributed by atoms with Gasteiger partial charge in [0.25, 0.3) is 0 Å². The lowest BCUT2D eigenvalue weighted by molar-refractivity contribution is -0.122. The molecule has 182 valence electrons. The van der Waals surface area contributed by atoms with Crippen LogP contribution in [0, 0.1) is 12.8 Å². The molecule has 1 saturated heterocycles. The second kappa shape index (κ2) is 9.87. The summed E-state index contributed by atoms with van der Waals surface area (Å²) in [7, 11) is 1.57. The molecular formula is C26H24N6O4. The number of aryl methyl sites for hydroxylation is 1. The van der Waals surface area contributed by atoms with Crippen molar-refractivity contribution < 1.29 is 19.1 Å². The number of carbonyl (C=O) groups excluding carboxylic acids is 2. The smallest absolute Gasteiger partial charge is 0.229 e. The number of rotatable bonds is 7. The van der Waals surface area contributed by atoms with Gasteiger partial charge in [-0.2, -0.15) is 4.98 Å². The van der Waals surface area contributed by atoms with Crippen LogP contribution in [0.1, 0.15) is 12.2 Å². The Bertz CT molecular complexity index is 1390. The van der Waals surface area contributed by atoms with E-state index in [1.165, 1.54) is 0 Å². The number of anilines is 2. The van der Waals surface area contributed by atoms with Gasteiger partial charge in [-0.3, -0.25) is 14.2 Å². The van der Waals surface area contributed by atoms with Crippen LogP contribution in [0.4, 0.5) is 11.4 Å². The van der Waals surface area contributed by atoms with Crippen LogP contribution in [0.5, 0.6) is 17.4 Å². The first-order valence-corrected chi connectivity index (χ1v) is 11.4. The summed E-state index contributed by atoms with van der Waals surface area (Å²) in [6, 6.07) is 15.9. The molecule has 0 saturated carbocycles. The summed E-state index contributed by atoms with van der Waals surface area (Å²) in [6.45, 7) is 2.10. The summed E-state index contributed by atoms with van der Waals surface area (Å²) in [5.41, 5.74) is 1.32. The lowest BCUT2D eigenvalue weighted by Gasteiger charge is -2.17. The topological polar surface area (TPSA) is 111 Å². The fourth-order valence-corrected chi connectivity index (χ4v) is 3.99. The minimum Gasteiger partial charge on any atom is -0.497 e. The molecule has 0 bridgehead atoms. The van der Waals surface area contributed by atoms with E-state index in [1.807, 2.05) is 18.2 Å². The lowest BCUT2D eigenvalue weighted by Crippen LogP contribution is -2.28. The normalized spacial score (nSPS) is 15.1. The van der Waals surface area contributed by atoms with Gasteiger partial charge in [-0.15, -0.1) is 0 Å². The van der Waals surface area contributed by atoms with E-state index in [2.05, 4.69) is 20.3 Å². The molecule has 1 N–H and O–H groups in total. The van der Waals surface area contributed by atoms with Gasteiger partial charge < -0.3 is 19.7 Å². The minimum atomic E-state index is -0.454. The number of aromatic nitrogens is 4. The van der Waals surface area contributed by atoms with Gasteiger partial charge in [0.05, 0.1) is 13.0 Å². The maximum absolute atomic E-state index is 12.9. The van der Waals surface area contributed by atoms with Crippen LogP contribution in [0.15, 0.2) is 73.3 Å². The molecular weight excluding hydrogens is 460 g/mol. The van der Waals surface area contributed by atoms with Gasteiger partial charge in [0.2, 0.25) is 17.7 Å². The Morgan fingerprint density at radius 3 is 2.67 bits per heavy atom. The first kappa shape index (κ1) is 23.0. The fraction of sp³-hybridized carbons (Fsp3) is 0.192. The molecule has 1 atom stereocenters. The molecule has 2 aromatic heterocycles. The third-order valence-electron chi connectivity index (χ3n) is 5.77. The van der Waals surface area contributed by atoms with Crippen molar-refractivity contribution in [2.24, 2.45) is 5.92 Å². The van der Waals surface area contributed by atoms with Crippen molar-refractivity contribution >= 4 is 23.2 Å². The van der Waals surface area contributed by atoms with Gasteiger partial charge in [-0.05, 0) is 43.3 Å². The van der Waals surface area contributed by atoms with Crippen molar-refractivity contribution in [2.75, 3.05) is 23.9 Å². The Kier molecular flexibility index (Phi) is 6.31. The van der Waals surface area contributed by atoms with Crippen molar-refractivity contribution in [3.8, 4) is 23.2 Å². The van der Waals surface area contributed by atoms with Gasteiger partial charge in [-0.25, -0.2) is 9.97 Å². The molecule has 4 aromatic rings. The molecule has 1 fully saturated rings. The van der Waals surface area contributed by atoms with E-state index in [1.54, 1.807) is 78.6 Å². The Balaban J connectivity index is 1.22. The maximum Gasteiger partial charge on any atom is 0.229 e. The Morgan fingerprint density at radius 2 is 1.92 bits per heavy atom. The summed E-state index contributed by atoms with van der Waals surface area (Å²) in [5, 5.41) is 2.89. The number of benzene rings is 2. The lowest BCUT2D eigenvalue weighted by atomic mass is 10.1. The number of amides is 2. The van der Waals surface area contributed by atoms with Crippen LogP contribution in [0.3, 0.4) is 0 Å². The number of hydrogen-bond acceptors (Lipinski definition) is 7. The molecule has 0 aliphatic carbocycles. The number of hydrogen-bond donors (Lipinski definition) is 1. The number of methoxy groups -OCH3 is 1. The van der Waals surface area contributed by atoms with E-state index in [-0.39, 0.29) is 18.2 Å². The van der Waals surface area contributed by atoms with Crippen LogP contribution < -0.4 is 19.7 Å². The highest BCUT2D eigenvalue weighted by molar-refractivity contribution is 6.03. The third-order valence-corrected chi connectivity index (χ3v) is 5.77. The molecule has 36 heavy (non-hydrogen) atoms. The number of ether oxygens (including phenoxy) is 2. The van der Waals surface area contributed by atoms with Gasteiger partial charge in [0.15, 0.2) is 0 Å². The first-order chi connectivity index (χ1) is 17.5. The van der Waals surface area contributed by atoms with Crippen molar-refractivity contribution in [3.05, 3.63) is 79.1 Å². The fourth-order valence-electron chi connectivity index (χ4n) is 3.99. The highest BCUT2D eigenvalue weighted by Crippen LogP contribution is 2.29. The van der Waals surface area contributed by atoms with Gasteiger partial charge in [0.1, 0.15) is 29.5 Å². The molecule has 10 heteroatoms. The first-order valence-electron chi connectivity index (χ1n) is 11.4. The van der Waals surface area contributed by atoms with Crippen molar-refractivity contribution in [3.63, 3.8) is 0 Å². The SMILES string of the molecule is COc1cccc(N2CC(C(=O)Nc3ccc(Oc4cc(-n5ccnc5)nc(C)n4)cc3)CC2=O)c1. The number of nitrogens with zero attached hydrogens (tertiary/aromatic N) is 5. The predicted octanol–water partition coefficient (Wildman–Crippen LogP) is 3.76. The van der Waals surface area contributed by atoms with Crippen LogP contribution >= 0.6 is 0 Å². The van der Waals surface area contributed by atoms with E-state index < -0.39 is 5.92 Å². The van der Waals surface area contributed by atoms with Crippen LogP contribution in [-0.2, 0) is 9.59 Å². The van der Waals surface area contributed by atoms with E-state index in [9.17, 15) is 9.59 Å². The van der Waals surface area contributed by atoms with Gasteiger partial charge >= 0.3 is 0 Å². The number of imidazole rings is 1. The van der Waals surface area contributed by atoms with E-state index in [4.69, 9.17) is 9.47 Å². The molecule has 0 radical (unpaired) electrons. The number of nitrogens with one attached hydrogen (secondary N) is 1. The monoisotopic (exact) mass is 484 g/mol. The van der Waals surface area contributed by atoms with Crippen LogP contribution in [-0.4, -0.2) is 45.0 Å². The molecule has 3 heterocycles. The van der Waals surface area contributed by atoms with Crippen molar-refractivity contribution in [2.45, 2.75) is 13.3 Å². The predicted molar refractivity (Wildman–Crippen MR) is 132 cm³/mol. The van der Waals surface area contributed by atoms with Gasteiger partial charge in [-0.1, -0.05) is 6.07 Å². The average Bonchev–Trinajstić information content (AvgIpc) is 3.55. The zero-order chi connectivity index (χ0) is 25.1. The number of carbonyl (C=O) groups is 2. The summed E-state index contributed by atoms with van der Waals surface area (Å²) in [5.74, 6) is 2.06. The summed E-state index contributed by atoms with van der Waals surface area (Å²) in [4.78, 5) is 39.8. The second-order valence-corrected chi connectivity index (χ2v) is 8.30. The maximum atomic E-state index is 12.9. The standard InChI is InChI=1S/C26H24N6O4/c1-17-28-23(31-11-10-27-16-31)14-24(29-17)36-21-8-6-19(7-9-21)30-26(34)18-12-25(33)32(15-18)20-4-3-5-22(13-20)35-2/h3-11,13-14,16,18H,12,15H2,1-2H3,(H,30,34). The molecule has 5 rings (SSSR count). The molecule has 1 aliphatic heterocycles. The highest BCUT2D eigenvalue weighted by atomic mass is 16.5. The highest BCUT2D eigenvalue weighted by Gasteiger charge is 2.35. The van der Waals surface area contributed by atoms with Crippen molar-refractivity contribution in [1.29, 1.82) is 0 Å². The quantitative estimate of drug-likeness (QED) is 0.425. The largest absolute Gasteiger partial charge is 0.497 e. The molecule has 0 spiro atoms. The molecule has 2 amide bonds. The molecule has 10 nitrogen and oxygen atoms in total. The summed E-state index contributed by atoms with van der Waals surface area (Å²) >= 11 is 0. The van der Waals surface area contributed by atoms with Gasteiger partial charge in [0, 0.05) is 48.9 Å². The minimum absolute atomic E-state index is 0.0950. The second-order valence-electron chi connectivity index (χ2n) is 8.30. The van der Waals surface area contributed by atoms with E-state index in [0.717, 1.165) is 0 Å². The molecule has 2 aromatic carbocycles. The van der Waals surface area contributed by atoms with Crippen LogP contribution in [0.25, 0.3) is 5.82 Å².